The molecule has 0 fully saturated rings. The third-order valence-corrected chi connectivity index (χ3v) is 3.34. The van der Waals surface area contributed by atoms with Crippen molar-refractivity contribution < 1.29 is 9.90 Å². The van der Waals surface area contributed by atoms with Crippen molar-refractivity contribution >= 4 is 21.9 Å². The number of carbonyl (C=O) groups is 1. The number of rotatable bonds is 7. The Kier molecular flexibility index (Phi) is 6.36. The van der Waals surface area contributed by atoms with Gasteiger partial charge in [0.2, 0.25) is 0 Å². The largest absolute Gasteiger partial charge is 0.480 e. The molecule has 0 aromatic heterocycles. The summed E-state index contributed by atoms with van der Waals surface area (Å²) < 4.78 is 1.06. The van der Waals surface area contributed by atoms with Crippen molar-refractivity contribution in [2.75, 3.05) is 0 Å². The Balaban J connectivity index is 2.51. The van der Waals surface area contributed by atoms with Gasteiger partial charge in [0.1, 0.15) is 6.04 Å². The molecule has 0 amide bonds. The summed E-state index contributed by atoms with van der Waals surface area (Å²) in [5.41, 5.74) is 1.21. The molecular weight excluding hydrogens is 294 g/mol. The van der Waals surface area contributed by atoms with E-state index in [0.29, 0.717) is 6.42 Å². The monoisotopic (exact) mass is 313 g/mol. The molecule has 1 rings (SSSR count). The third-order valence-electron chi connectivity index (χ3n) is 2.82. The molecule has 2 N–H and O–H groups in total. The topological polar surface area (TPSA) is 49.3 Å². The first kappa shape index (κ1) is 15.2. The number of aliphatic carboxylic acids is 1. The second-order valence-corrected chi connectivity index (χ2v) is 5.49. The maximum atomic E-state index is 11.1. The van der Waals surface area contributed by atoms with Gasteiger partial charge in [0.05, 0.1) is 0 Å². The van der Waals surface area contributed by atoms with Gasteiger partial charge in [0.25, 0.3) is 0 Å². The van der Waals surface area contributed by atoms with Crippen molar-refractivity contribution in [3.8, 4) is 0 Å². The molecule has 0 radical (unpaired) electrons. The van der Waals surface area contributed by atoms with Gasteiger partial charge in [-0.2, -0.15) is 0 Å². The molecule has 18 heavy (non-hydrogen) atoms. The van der Waals surface area contributed by atoms with Crippen LogP contribution in [0.4, 0.5) is 0 Å². The van der Waals surface area contributed by atoms with Crippen LogP contribution in [0.15, 0.2) is 28.7 Å². The normalized spacial score (nSPS) is 14.2. The number of carboxylic acid groups (broad SMARTS) is 1. The summed E-state index contributed by atoms with van der Waals surface area (Å²) in [5.74, 6) is -0.764. The van der Waals surface area contributed by atoms with E-state index in [9.17, 15) is 4.79 Å². The van der Waals surface area contributed by atoms with E-state index in [-0.39, 0.29) is 6.04 Å². The van der Waals surface area contributed by atoms with Crippen molar-refractivity contribution in [1.82, 2.24) is 5.32 Å². The van der Waals surface area contributed by atoms with Crippen LogP contribution in [0.1, 0.15) is 32.3 Å². The van der Waals surface area contributed by atoms with Gasteiger partial charge in [0, 0.05) is 10.5 Å². The molecule has 0 aliphatic heterocycles. The van der Waals surface area contributed by atoms with Gasteiger partial charge in [0.15, 0.2) is 0 Å². The SMILES string of the molecule is CCCC(NC(C)Cc1ccc(Br)cc1)C(=O)O. The zero-order valence-corrected chi connectivity index (χ0v) is 12.4. The summed E-state index contributed by atoms with van der Waals surface area (Å²) in [7, 11) is 0. The molecule has 2 unspecified atom stereocenters. The average molecular weight is 314 g/mol. The van der Waals surface area contributed by atoms with Crippen LogP contribution in [0.2, 0.25) is 0 Å². The first-order valence-electron chi connectivity index (χ1n) is 6.26. The standard InChI is InChI=1S/C14H20BrNO2/c1-3-4-13(14(17)18)16-10(2)9-11-5-7-12(15)8-6-11/h5-8,10,13,16H,3-4,9H2,1-2H3,(H,17,18). The molecule has 0 saturated carbocycles. The predicted octanol–water partition coefficient (Wildman–Crippen LogP) is 3.22. The molecule has 3 nitrogen and oxygen atoms in total. The van der Waals surface area contributed by atoms with Gasteiger partial charge in [-0.3, -0.25) is 4.79 Å². The Morgan fingerprint density at radius 3 is 2.50 bits per heavy atom. The van der Waals surface area contributed by atoms with E-state index in [4.69, 9.17) is 5.11 Å². The van der Waals surface area contributed by atoms with E-state index in [0.717, 1.165) is 17.3 Å². The second-order valence-electron chi connectivity index (χ2n) is 4.58. The molecular formula is C14H20BrNO2. The molecule has 0 aliphatic rings. The summed E-state index contributed by atoms with van der Waals surface area (Å²) in [6, 6.07) is 7.82. The molecule has 1 aromatic rings. The fraction of sp³-hybridized carbons (Fsp3) is 0.500. The smallest absolute Gasteiger partial charge is 0.320 e. The van der Waals surface area contributed by atoms with E-state index in [2.05, 4.69) is 33.4 Å². The lowest BCUT2D eigenvalue weighted by atomic mass is 10.1. The summed E-state index contributed by atoms with van der Waals surface area (Å²) in [6.45, 7) is 4.02. The molecule has 0 saturated heterocycles. The maximum absolute atomic E-state index is 11.1. The Hall–Kier alpha value is -0.870. The van der Waals surface area contributed by atoms with Crippen molar-refractivity contribution in [2.24, 2.45) is 0 Å². The quantitative estimate of drug-likeness (QED) is 0.812. The van der Waals surface area contributed by atoms with E-state index >= 15 is 0 Å². The van der Waals surface area contributed by atoms with E-state index in [1.54, 1.807) is 0 Å². The molecule has 2 atom stereocenters. The lowest BCUT2D eigenvalue weighted by Crippen LogP contribution is -2.42. The molecule has 4 heteroatoms. The Labute approximate surface area is 117 Å². The van der Waals surface area contributed by atoms with Crippen LogP contribution in [-0.4, -0.2) is 23.2 Å². The van der Waals surface area contributed by atoms with Crippen LogP contribution < -0.4 is 5.32 Å². The van der Waals surface area contributed by atoms with Crippen LogP contribution in [-0.2, 0) is 11.2 Å². The second kappa shape index (κ2) is 7.54. The van der Waals surface area contributed by atoms with Gasteiger partial charge in [-0.25, -0.2) is 0 Å². The van der Waals surface area contributed by atoms with E-state index < -0.39 is 12.0 Å². The summed E-state index contributed by atoms with van der Waals surface area (Å²) in [5, 5.41) is 12.3. The zero-order valence-electron chi connectivity index (χ0n) is 10.8. The zero-order chi connectivity index (χ0) is 13.5. The van der Waals surface area contributed by atoms with Crippen molar-refractivity contribution in [1.29, 1.82) is 0 Å². The highest BCUT2D eigenvalue weighted by atomic mass is 79.9. The van der Waals surface area contributed by atoms with Crippen LogP contribution in [0.5, 0.6) is 0 Å². The van der Waals surface area contributed by atoms with Gasteiger partial charge in [-0.05, 0) is 37.5 Å². The Morgan fingerprint density at radius 2 is 2.00 bits per heavy atom. The Morgan fingerprint density at radius 1 is 1.39 bits per heavy atom. The van der Waals surface area contributed by atoms with Crippen LogP contribution in [0.25, 0.3) is 0 Å². The van der Waals surface area contributed by atoms with Crippen molar-refractivity contribution in [3.05, 3.63) is 34.3 Å². The number of carboxylic acids is 1. The molecule has 0 heterocycles. The highest BCUT2D eigenvalue weighted by Gasteiger charge is 2.18. The van der Waals surface area contributed by atoms with Crippen LogP contribution in [0.3, 0.4) is 0 Å². The van der Waals surface area contributed by atoms with Gasteiger partial charge >= 0.3 is 5.97 Å². The fourth-order valence-electron chi connectivity index (χ4n) is 1.94. The minimum atomic E-state index is -0.764. The minimum absolute atomic E-state index is 0.152. The number of nitrogens with one attached hydrogen (secondary N) is 1. The van der Waals surface area contributed by atoms with Crippen molar-refractivity contribution in [3.63, 3.8) is 0 Å². The molecule has 100 valence electrons. The van der Waals surface area contributed by atoms with Gasteiger partial charge < -0.3 is 10.4 Å². The highest BCUT2D eigenvalue weighted by Crippen LogP contribution is 2.12. The number of halogens is 1. The molecule has 0 aliphatic carbocycles. The lowest BCUT2D eigenvalue weighted by molar-refractivity contribution is -0.139. The summed E-state index contributed by atoms with van der Waals surface area (Å²) >= 11 is 3.40. The number of hydrogen-bond acceptors (Lipinski definition) is 2. The van der Waals surface area contributed by atoms with E-state index in [1.165, 1.54) is 5.56 Å². The lowest BCUT2D eigenvalue weighted by Gasteiger charge is -2.19. The summed E-state index contributed by atoms with van der Waals surface area (Å²) in [6.07, 6.45) is 2.37. The molecule has 1 aromatic carbocycles. The Bertz CT molecular complexity index is 378. The fourth-order valence-corrected chi connectivity index (χ4v) is 2.21. The highest BCUT2D eigenvalue weighted by molar-refractivity contribution is 9.10. The first-order chi connectivity index (χ1) is 8.52. The van der Waals surface area contributed by atoms with E-state index in [1.807, 2.05) is 26.0 Å². The predicted molar refractivity (Wildman–Crippen MR) is 76.8 cm³/mol. The first-order valence-corrected chi connectivity index (χ1v) is 7.05. The maximum Gasteiger partial charge on any atom is 0.320 e. The number of hydrogen-bond donors (Lipinski definition) is 2. The van der Waals surface area contributed by atoms with Crippen LogP contribution >= 0.6 is 15.9 Å². The summed E-state index contributed by atoms with van der Waals surface area (Å²) in [4.78, 5) is 11.1. The number of benzene rings is 1. The van der Waals surface area contributed by atoms with Crippen LogP contribution in [0, 0.1) is 0 Å². The van der Waals surface area contributed by atoms with Gasteiger partial charge in [-0.1, -0.05) is 41.4 Å². The van der Waals surface area contributed by atoms with Crippen molar-refractivity contribution in [2.45, 2.75) is 45.2 Å². The third kappa shape index (κ3) is 5.19. The van der Waals surface area contributed by atoms with Gasteiger partial charge in [-0.15, -0.1) is 0 Å². The molecule has 0 bridgehead atoms. The molecule has 0 spiro atoms. The minimum Gasteiger partial charge on any atom is -0.480 e. The average Bonchev–Trinajstić information content (AvgIpc) is 2.31.